The third-order valence-corrected chi connectivity index (χ3v) is 6.18. The molecule has 0 bridgehead atoms. The van der Waals surface area contributed by atoms with Crippen molar-refractivity contribution >= 4 is 22.9 Å². The molecule has 1 unspecified atom stereocenters. The highest BCUT2D eigenvalue weighted by Gasteiger charge is 2.41. The molecular weight excluding hydrogens is 356 g/mol. The molecule has 1 N–H and O–H groups in total. The minimum atomic E-state index is -0.752. The lowest BCUT2D eigenvalue weighted by molar-refractivity contribution is -0.123. The van der Waals surface area contributed by atoms with Gasteiger partial charge in [-0.15, -0.1) is 11.3 Å². The minimum Gasteiger partial charge on any atom is -0.484 e. The summed E-state index contributed by atoms with van der Waals surface area (Å²) in [5.41, 5.74) is 0.329. The summed E-state index contributed by atoms with van der Waals surface area (Å²) in [5.74, 6) is 0.699. The molecule has 25 heavy (non-hydrogen) atoms. The van der Waals surface area contributed by atoms with Crippen LogP contribution in [-0.2, 0) is 0 Å². The van der Waals surface area contributed by atoms with Crippen LogP contribution in [0.4, 0.5) is 0 Å². The van der Waals surface area contributed by atoms with E-state index in [2.05, 4.69) is 11.8 Å². The van der Waals surface area contributed by atoms with Gasteiger partial charge in [0.15, 0.2) is 0 Å². The number of hydrogen-bond acceptors (Lipinski definition) is 5. The number of thiazole rings is 1. The summed E-state index contributed by atoms with van der Waals surface area (Å²) in [7, 11) is 0. The van der Waals surface area contributed by atoms with Crippen LogP contribution >= 0.6 is 22.9 Å². The monoisotopic (exact) mass is 380 g/mol. The minimum absolute atomic E-state index is 0.153. The lowest BCUT2D eigenvalue weighted by Gasteiger charge is -2.39. The number of benzene rings is 1. The Hall–Kier alpha value is -1.14. The Labute approximate surface area is 158 Å². The van der Waals surface area contributed by atoms with Crippen LogP contribution in [0.1, 0.15) is 48.3 Å². The number of aryl methyl sites for hydroxylation is 2. The number of likely N-dealkylation sites (tertiary alicyclic amines) is 1. The van der Waals surface area contributed by atoms with Crippen LogP contribution in [0.3, 0.4) is 0 Å². The molecule has 1 aliphatic rings. The van der Waals surface area contributed by atoms with Gasteiger partial charge in [-0.05, 0) is 64.8 Å². The Morgan fingerprint density at radius 1 is 1.32 bits per heavy atom. The van der Waals surface area contributed by atoms with Gasteiger partial charge in [-0.2, -0.15) is 0 Å². The fourth-order valence-electron chi connectivity index (χ4n) is 3.25. The summed E-state index contributed by atoms with van der Waals surface area (Å²) in [4.78, 5) is 8.07. The lowest BCUT2D eigenvalue weighted by Crippen LogP contribution is -2.52. The van der Waals surface area contributed by atoms with Crippen molar-refractivity contribution in [3.63, 3.8) is 0 Å². The van der Waals surface area contributed by atoms with E-state index < -0.39 is 11.8 Å². The van der Waals surface area contributed by atoms with Gasteiger partial charge in [-0.3, -0.25) is 4.90 Å². The quantitative estimate of drug-likeness (QED) is 0.814. The molecule has 3 rings (SSSR count). The van der Waals surface area contributed by atoms with Crippen LogP contribution < -0.4 is 4.74 Å². The molecule has 2 heterocycles. The molecule has 1 aromatic carbocycles. The van der Waals surface area contributed by atoms with Gasteiger partial charge in [0.25, 0.3) is 0 Å². The smallest absolute Gasteiger partial charge is 0.147 e. The highest BCUT2D eigenvalue weighted by atomic mass is 35.5. The van der Waals surface area contributed by atoms with E-state index in [9.17, 15) is 5.11 Å². The molecule has 1 fully saturated rings. The van der Waals surface area contributed by atoms with Crippen molar-refractivity contribution in [2.75, 3.05) is 6.54 Å². The Morgan fingerprint density at radius 3 is 2.60 bits per heavy atom. The van der Waals surface area contributed by atoms with E-state index in [-0.39, 0.29) is 6.04 Å². The average molecular weight is 381 g/mol. The van der Waals surface area contributed by atoms with Gasteiger partial charge in [-0.1, -0.05) is 11.6 Å². The van der Waals surface area contributed by atoms with Gasteiger partial charge in [0.05, 0.1) is 11.7 Å². The maximum absolute atomic E-state index is 11.1. The molecule has 2 aromatic rings. The zero-order chi connectivity index (χ0) is 18.2. The van der Waals surface area contributed by atoms with E-state index in [0.717, 1.165) is 30.1 Å². The molecule has 0 aliphatic carbocycles. The number of halogens is 1. The largest absolute Gasteiger partial charge is 0.484 e. The molecule has 1 aromatic heterocycles. The van der Waals surface area contributed by atoms with E-state index in [1.54, 1.807) is 23.5 Å². The number of aromatic nitrogens is 1. The van der Waals surface area contributed by atoms with Crippen LogP contribution in [0.25, 0.3) is 0 Å². The van der Waals surface area contributed by atoms with E-state index in [0.29, 0.717) is 10.8 Å². The first kappa shape index (κ1) is 18.6. The number of aliphatic hydroxyl groups is 1. The van der Waals surface area contributed by atoms with Gasteiger partial charge >= 0.3 is 0 Å². The summed E-state index contributed by atoms with van der Waals surface area (Å²) in [5, 5.41) is 12.8. The second kappa shape index (κ2) is 7.23. The van der Waals surface area contributed by atoms with Gasteiger partial charge < -0.3 is 9.84 Å². The first-order valence-corrected chi connectivity index (χ1v) is 9.79. The summed E-state index contributed by atoms with van der Waals surface area (Å²) >= 11 is 7.66. The molecule has 0 amide bonds. The standard InChI is InChI=1S/C19H25ClN2O2S/c1-12-13(2)25-17(21-12)16-6-5-11-22(16)18(23)19(3,4)24-15-9-7-14(20)8-10-15/h7-10,16,18,23H,5-6,11H2,1-4H3/t16-,18?/m0/s1. The van der Waals surface area contributed by atoms with Crippen molar-refractivity contribution in [1.29, 1.82) is 0 Å². The van der Waals surface area contributed by atoms with Crippen molar-refractivity contribution in [2.45, 2.75) is 58.4 Å². The van der Waals surface area contributed by atoms with Crippen molar-refractivity contribution in [3.8, 4) is 5.75 Å². The molecule has 2 atom stereocenters. The lowest BCUT2D eigenvalue weighted by atomic mass is 10.1. The fourth-order valence-corrected chi connectivity index (χ4v) is 4.45. The number of rotatable bonds is 5. The molecular formula is C19H25ClN2O2S. The van der Waals surface area contributed by atoms with E-state index >= 15 is 0 Å². The molecule has 1 saturated heterocycles. The van der Waals surface area contributed by atoms with Crippen molar-refractivity contribution < 1.29 is 9.84 Å². The summed E-state index contributed by atoms with van der Waals surface area (Å²) in [6.07, 6.45) is 1.34. The molecule has 136 valence electrons. The van der Waals surface area contributed by atoms with Crippen molar-refractivity contribution in [2.24, 2.45) is 0 Å². The van der Waals surface area contributed by atoms with Gasteiger partial charge in [0.1, 0.15) is 22.6 Å². The topological polar surface area (TPSA) is 45.6 Å². The zero-order valence-electron chi connectivity index (χ0n) is 15.1. The molecule has 6 heteroatoms. The number of hydrogen-bond donors (Lipinski definition) is 1. The van der Waals surface area contributed by atoms with E-state index in [4.69, 9.17) is 21.3 Å². The zero-order valence-corrected chi connectivity index (χ0v) is 16.7. The Morgan fingerprint density at radius 2 is 2.00 bits per heavy atom. The second-order valence-electron chi connectivity index (χ2n) is 7.12. The second-order valence-corrected chi connectivity index (χ2v) is 8.79. The van der Waals surface area contributed by atoms with Gasteiger partial charge in [0.2, 0.25) is 0 Å². The van der Waals surface area contributed by atoms with Crippen LogP contribution in [0, 0.1) is 13.8 Å². The molecule has 4 nitrogen and oxygen atoms in total. The third-order valence-electron chi connectivity index (χ3n) is 4.75. The predicted octanol–water partition coefficient (Wildman–Crippen LogP) is 4.73. The Bertz CT molecular complexity index is 710. The van der Waals surface area contributed by atoms with Crippen LogP contribution in [0.15, 0.2) is 24.3 Å². The Balaban J connectivity index is 1.77. The molecule has 1 aliphatic heterocycles. The normalized spacial score (nSPS) is 20.0. The third kappa shape index (κ3) is 4.00. The van der Waals surface area contributed by atoms with Crippen molar-refractivity contribution in [3.05, 3.63) is 44.9 Å². The number of nitrogens with zero attached hydrogens (tertiary/aromatic N) is 2. The highest BCUT2D eigenvalue weighted by Crippen LogP contribution is 2.38. The number of ether oxygens (including phenoxy) is 1. The van der Waals surface area contributed by atoms with Crippen molar-refractivity contribution in [1.82, 2.24) is 9.88 Å². The van der Waals surface area contributed by atoms with E-state index in [1.165, 1.54) is 4.88 Å². The summed E-state index contributed by atoms with van der Waals surface area (Å²) < 4.78 is 6.08. The molecule has 0 saturated carbocycles. The van der Waals surface area contributed by atoms with Crippen LogP contribution in [0.5, 0.6) is 5.75 Å². The maximum Gasteiger partial charge on any atom is 0.147 e. The summed E-state index contributed by atoms with van der Waals surface area (Å²) in [6, 6.07) is 7.39. The maximum atomic E-state index is 11.1. The SMILES string of the molecule is Cc1nc([C@@H]2CCCN2C(O)C(C)(C)Oc2ccc(Cl)cc2)sc1C. The predicted molar refractivity (Wildman–Crippen MR) is 102 cm³/mol. The van der Waals surface area contributed by atoms with Gasteiger partial charge in [0, 0.05) is 16.4 Å². The van der Waals surface area contributed by atoms with Gasteiger partial charge in [-0.25, -0.2) is 4.98 Å². The summed E-state index contributed by atoms with van der Waals surface area (Å²) in [6.45, 7) is 8.81. The molecule has 0 spiro atoms. The van der Waals surface area contributed by atoms with E-state index in [1.807, 2.05) is 32.9 Å². The first-order valence-electron chi connectivity index (χ1n) is 8.60. The fraction of sp³-hybridized carbons (Fsp3) is 0.526. The molecule has 0 radical (unpaired) electrons. The average Bonchev–Trinajstić information content (AvgIpc) is 3.16. The number of aliphatic hydroxyl groups excluding tert-OH is 1. The highest BCUT2D eigenvalue weighted by molar-refractivity contribution is 7.11. The first-order chi connectivity index (χ1) is 11.8. The van der Waals surface area contributed by atoms with Crippen LogP contribution in [0.2, 0.25) is 5.02 Å². The Kier molecular flexibility index (Phi) is 5.40. The van der Waals surface area contributed by atoms with Crippen LogP contribution in [-0.4, -0.2) is 33.4 Å².